The summed E-state index contributed by atoms with van der Waals surface area (Å²) in [6.07, 6.45) is 0. The van der Waals surface area contributed by atoms with E-state index in [0.717, 1.165) is 6.54 Å². The molecule has 0 aliphatic heterocycles. The van der Waals surface area contributed by atoms with Gasteiger partial charge < -0.3 is 15.8 Å². The van der Waals surface area contributed by atoms with Crippen LogP contribution in [0.1, 0.15) is 26.3 Å². The molecule has 0 aliphatic carbocycles. The maximum Gasteiger partial charge on any atom is 0.170 e. The van der Waals surface area contributed by atoms with Gasteiger partial charge in [0.1, 0.15) is 5.82 Å². The Morgan fingerprint density at radius 3 is 2.50 bits per heavy atom. The Hall–Kier alpha value is -1.78. The van der Waals surface area contributed by atoms with Crippen molar-refractivity contribution in [3.8, 4) is 0 Å². The first kappa shape index (κ1) is 14.3. The summed E-state index contributed by atoms with van der Waals surface area (Å²) in [4.78, 5) is 1.85. The van der Waals surface area contributed by atoms with E-state index >= 15 is 0 Å². The lowest BCUT2D eigenvalue weighted by Gasteiger charge is -2.28. The van der Waals surface area contributed by atoms with Gasteiger partial charge in [-0.05, 0) is 23.6 Å². The van der Waals surface area contributed by atoms with Gasteiger partial charge >= 0.3 is 0 Å². The van der Waals surface area contributed by atoms with E-state index in [1.54, 1.807) is 12.1 Å². The molecule has 0 spiro atoms. The minimum Gasteiger partial charge on any atom is -0.409 e. The van der Waals surface area contributed by atoms with Crippen LogP contribution in [0.5, 0.6) is 0 Å². The molecule has 0 aliphatic rings. The summed E-state index contributed by atoms with van der Waals surface area (Å²) in [7, 11) is 1.84. The number of amidine groups is 1. The summed E-state index contributed by atoms with van der Waals surface area (Å²) >= 11 is 0. The molecule has 0 radical (unpaired) electrons. The number of anilines is 1. The predicted molar refractivity (Wildman–Crippen MR) is 71.6 cm³/mol. The van der Waals surface area contributed by atoms with Gasteiger partial charge in [-0.1, -0.05) is 25.9 Å². The first-order chi connectivity index (χ1) is 8.24. The molecule has 5 heteroatoms. The number of benzene rings is 1. The van der Waals surface area contributed by atoms with E-state index in [-0.39, 0.29) is 17.1 Å². The van der Waals surface area contributed by atoms with Crippen LogP contribution in [0.25, 0.3) is 0 Å². The van der Waals surface area contributed by atoms with Crippen LogP contribution in [0.15, 0.2) is 23.4 Å². The molecule has 0 atom stereocenters. The molecule has 0 heterocycles. The van der Waals surface area contributed by atoms with Gasteiger partial charge in [0.2, 0.25) is 0 Å². The molecule has 100 valence electrons. The van der Waals surface area contributed by atoms with E-state index in [4.69, 9.17) is 10.9 Å². The third-order valence-corrected chi connectivity index (χ3v) is 2.47. The van der Waals surface area contributed by atoms with Crippen molar-refractivity contribution in [2.24, 2.45) is 16.3 Å². The van der Waals surface area contributed by atoms with Crippen molar-refractivity contribution in [1.82, 2.24) is 0 Å². The smallest absolute Gasteiger partial charge is 0.170 e. The van der Waals surface area contributed by atoms with Gasteiger partial charge in [0.15, 0.2) is 5.84 Å². The Balaban J connectivity index is 2.99. The molecule has 1 aromatic rings. The highest BCUT2D eigenvalue weighted by molar-refractivity contribution is 5.97. The van der Waals surface area contributed by atoms with Crippen molar-refractivity contribution in [1.29, 1.82) is 0 Å². The van der Waals surface area contributed by atoms with Crippen LogP contribution in [0.4, 0.5) is 10.1 Å². The van der Waals surface area contributed by atoms with Crippen molar-refractivity contribution < 1.29 is 9.60 Å². The molecule has 1 aromatic carbocycles. The van der Waals surface area contributed by atoms with Crippen molar-refractivity contribution in [2.75, 3.05) is 18.5 Å². The summed E-state index contributed by atoms with van der Waals surface area (Å²) in [5.74, 6) is -0.482. The first-order valence-corrected chi connectivity index (χ1v) is 5.73. The Kier molecular flexibility index (Phi) is 4.16. The zero-order chi connectivity index (χ0) is 13.9. The second kappa shape index (κ2) is 5.25. The van der Waals surface area contributed by atoms with Gasteiger partial charge in [-0.2, -0.15) is 0 Å². The van der Waals surface area contributed by atoms with E-state index in [9.17, 15) is 4.39 Å². The topological polar surface area (TPSA) is 61.8 Å². The first-order valence-electron chi connectivity index (χ1n) is 5.73. The van der Waals surface area contributed by atoms with E-state index in [1.165, 1.54) is 6.07 Å². The number of nitrogens with zero attached hydrogens (tertiary/aromatic N) is 2. The van der Waals surface area contributed by atoms with Gasteiger partial charge in [0, 0.05) is 19.2 Å². The maximum atomic E-state index is 13.9. The van der Waals surface area contributed by atoms with Crippen LogP contribution >= 0.6 is 0 Å². The fourth-order valence-corrected chi connectivity index (χ4v) is 1.83. The SMILES string of the molecule is CN(CC(C)(C)C)c1ccc(C(N)=NO)cc1F. The number of nitrogens with two attached hydrogens (primary N) is 1. The Morgan fingerprint density at radius 2 is 2.06 bits per heavy atom. The lowest BCUT2D eigenvalue weighted by Crippen LogP contribution is -2.29. The Labute approximate surface area is 107 Å². The third-order valence-electron chi connectivity index (χ3n) is 2.47. The van der Waals surface area contributed by atoms with Crippen LogP contribution in [-0.2, 0) is 0 Å². The number of hydrogen-bond acceptors (Lipinski definition) is 3. The summed E-state index contributed by atoms with van der Waals surface area (Å²) in [6.45, 7) is 7.00. The van der Waals surface area contributed by atoms with Crippen LogP contribution in [0.3, 0.4) is 0 Å². The highest BCUT2D eigenvalue weighted by atomic mass is 19.1. The van der Waals surface area contributed by atoms with Gasteiger partial charge in [0.05, 0.1) is 5.69 Å². The molecule has 0 amide bonds. The van der Waals surface area contributed by atoms with Crippen molar-refractivity contribution in [3.63, 3.8) is 0 Å². The van der Waals surface area contributed by atoms with Crippen LogP contribution in [-0.4, -0.2) is 24.6 Å². The number of hydrogen-bond donors (Lipinski definition) is 2. The molecule has 0 saturated carbocycles. The lowest BCUT2D eigenvalue weighted by atomic mass is 9.96. The molecular formula is C13H20FN3O. The number of halogens is 1. The van der Waals surface area contributed by atoms with Gasteiger partial charge in [-0.15, -0.1) is 0 Å². The second-order valence-electron chi connectivity index (χ2n) is 5.57. The molecule has 3 N–H and O–H groups in total. The number of rotatable bonds is 3. The molecule has 1 rings (SSSR count). The molecule has 0 aromatic heterocycles. The van der Waals surface area contributed by atoms with Crippen molar-refractivity contribution in [2.45, 2.75) is 20.8 Å². The Bertz CT molecular complexity index is 452. The minimum absolute atomic E-state index is 0.0748. The normalized spacial score (nSPS) is 12.6. The molecule has 18 heavy (non-hydrogen) atoms. The average molecular weight is 253 g/mol. The standard InChI is InChI=1S/C13H20FN3O/c1-13(2,3)8-17(4)11-6-5-9(7-10(11)14)12(15)16-18/h5-7,18H,8H2,1-4H3,(H2,15,16). The van der Waals surface area contributed by atoms with E-state index < -0.39 is 0 Å². The van der Waals surface area contributed by atoms with Crippen molar-refractivity contribution >= 4 is 11.5 Å². The highest BCUT2D eigenvalue weighted by Gasteiger charge is 2.16. The lowest BCUT2D eigenvalue weighted by molar-refractivity contribution is 0.318. The quantitative estimate of drug-likeness (QED) is 0.376. The van der Waals surface area contributed by atoms with E-state index in [1.807, 2.05) is 11.9 Å². The van der Waals surface area contributed by atoms with E-state index in [0.29, 0.717) is 11.3 Å². The van der Waals surface area contributed by atoms with Gasteiger partial charge in [-0.3, -0.25) is 0 Å². The van der Waals surface area contributed by atoms with Gasteiger partial charge in [0.25, 0.3) is 0 Å². The fourth-order valence-electron chi connectivity index (χ4n) is 1.83. The van der Waals surface area contributed by atoms with Crippen LogP contribution in [0.2, 0.25) is 0 Å². The second-order valence-corrected chi connectivity index (χ2v) is 5.57. The van der Waals surface area contributed by atoms with Crippen LogP contribution in [0, 0.1) is 11.2 Å². The number of oxime groups is 1. The Morgan fingerprint density at radius 1 is 1.44 bits per heavy atom. The molecule has 0 fully saturated rings. The molecule has 0 bridgehead atoms. The van der Waals surface area contributed by atoms with E-state index in [2.05, 4.69) is 25.9 Å². The predicted octanol–water partition coefficient (Wildman–Crippen LogP) is 2.40. The largest absolute Gasteiger partial charge is 0.409 e. The zero-order valence-corrected chi connectivity index (χ0v) is 11.2. The fraction of sp³-hybridized carbons (Fsp3) is 0.462. The summed E-state index contributed by atoms with van der Waals surface area (Å²) in [5, 5.41) is 11.4. The molecule has 4 nitrogen and oxygen atoms in total. The molecule has 0 unspecified atom stereocenters. The highest BCUT2D eigenvalue weighted by Crippen LogP contribution is 2.23. The zero-order valence-electron chi connectivity index (χ0n) is 11.2. The summed E-state index contributed by atoms with van der Waals surface area (Å²) < 4.78 is 13.9. The third kappa shape index (κ3) is 3.61. The maximum absolute atomic E-state index is 13.9. The van der Waals surface area contributed by atoms with Crippen LogP contribution < -0.4 is 10.6 Å². The van der Waals surface area contributed by atoms with Gasteiger partial charge in [-0.25, -0.2) is 4.39 Å². The van der Waals surface area contributed by atoms with Crippen molar-refractivity contribution in [3.05, 3.63) is 29.6 Å². The minimum atomic E-state index is -0.383. The molecule has 0 saturated heterocycles. The molecular weight excluding hydrogens is 233 g/mol. The summed E-state index contributed by atoms with van der Waals surface area (Å²) in [6, 6.07) is 4.53. The monoisotopic (exact) mass is 253 g/mol. The average Bonchev–Trinajstić information content (AvgIpc) is 2.25. The summed E-state index contributed by atoms with van der Waals surface area (Å²) in [5.41, 5.74) is 6.35.